The van der Waals surface area contributed by atoms with Gasteiger partial charge < -0.3 is 24.6 Å². The van der Waals surface area contributed by atoms with E-state index in [0.29, 0.717) is 55.4 Å². The molecule has 34 heavy (non-hydrogen) atoms. The van der Waals surface area contributed by atoms with Crippen molar-refractivity contribution in [2.45, 2.75) is 13.3 Å². The van der Waals surface area contributed by atoms with Crippen LogP contribution in [0.5, 0.6) is 5.75 Å². The normalized spacial score (nSPS) is 14.3. The number of morpholine rings is 1. The highest BCUT2D eigenvalue weighted by Crippen LogP contribution is 2.37. The zero-order valence-electron chi connectivity index (χ0n) is 18.7. The summed E-state index contributed by atoms with van der Waals surface area (Å²) in [6.07, 6.45) is 1.88. The number of nitrogens with zero attached hydrogens (tertiary/aromatic N) is 4. The van der Waals surface area contributed by atoms with Crippen molar-refractivity contribution < 1.29 is 26.8 Å². The highest BCUT2D eigenvalue weighted by atomic mass is 32.2. The molecule has 0 bridgehead atoms. The van der Waals surface area contributed by atoms with Crippen molar-refractivity contribution in [1.29, 1.82) is 0 Å². The van der Waals surface area contributed by atoms with Crippen LogP contribution >= 0.6 is 0 Å². The highest BCUT2D eigenvalue weighted by molar-refractivity contribution is 7.92. The van der Waals surface area contributed by atoms with Gasteiger partial charge in [0.15, 0.2) is 11.6 Å². The minimum Gasteiger partial charge on any atom is -0.492 e. The molecule has 0 atom stereocenters. The number of aromatic nitrogens is 3. The van der Waals surface area contributed by atoms with Crippen LogP contribution < -0.4 is 20.1 Å². The zero-order valence-corrected chi connectivity index (χ0v) is 19.6. The summed E-state index contributed by atoms with van der Waals surface area (Å²) in [4.78, 5) is 10.5. The number of nitrogens with two attached hydrogens (primary N) is 1. The molecule has 11 nitrogen and oxygen atoms in total. The molecule has 0 amide bonds. The smallest absolute Gasteiger partial charge is 0.324 e. The number of nitrogens with one attached hydrogen (secondary N) is 1. The summed E-state index contributed by atoms with van der Waals surface area (Å²) in [6, 6.07) is 4.65. The van der Waals surface area contributed by atoms with Crippen LogP contribution in [0.1, 0.15) is 13.3 Å². The molecule has 4 rings (SSSR count). The minimum atomic E-state index is -3.69. The van der Waals surface area contributed by atoms with Crippen LogP contribution in [0.2, 0.25) is 0 Å². The van der Waals surface area contributed by atoms with Crippen molar-refractivity contribution in [3.8, 4) is 28.3 Å². The molecule has 182 valence electrons. The number of hydrogen-bond donors (Lipinski definition) is 2. The first-order valence-corrected chi connectivity index (χ1v) is 12.3. The topological polar surface area (TPSA) is 146 Å². The maximum atomic E-state index is 14.8. The number of methoxy groups -OCH3 is 1. The van der Waals surface area contributed by atoms with E-state index in [2.05, 4.69) is 19.8 Å². The molecule has 3 heterocycles. The van der Waals surface area contributed by atoms with Gasteiger partial charge in [-0.15, -0.1) is 0 Å². The molecule has 0 aliphatic carbocycles. The predicted molar refractivity (Wildman–Crippen MR) is 125 cm³/mol. The summed E-state index contributed by atoms with van der Waals surface area (Å²) < 4.78 is 57.6. The minimum absolute atomic E-state index is 0.0371. The first kappa shape index (κ1) is 23.7. The van der Waals surface area contributed by atoms with Gasteiger partial charge in [-0.05, 0) is 30.2 Å². The van der Waals surface area contributed by atoms with Crippen molar-refractivity contribution in [3.63, 3.8) is 0 Å². The lowest BCUT2D eigenvalue weighted by Gasteiger charge is -2.24. The summed E-state index contributed by atoms with van der Waals surface area (Å²) in [5, 5.41) is 4.02. The Morgan fingerprint density at radius 3 is 2.71 bits per heavy atom. The first-order chi connectivity index (χ1) is 16.3. The average molecular weight is 493 g/mol. The van der Waals surface area contributed by atoms with Crippen molar-refractivity contribution in [2.24, 2.45) is 0 Å². The molecule has 0 radical (unpaired) electrons. The highest BCUT2D eigenvalue weighted by Gasteiger charge is 2.21. The third-order valence-corrected chi connectivity index (χ3v) is 6.65. The van der Waals surface area contributed by atoms with Gasteiger partial charge in [-0.25, -0.2) is 17.8 Å². The van der Waals surface area contributed by atoms with Gasteiger partial charge in [0.1, 0.15) is 5.82 Å². The van der Waals surface area contributed by atoms with E-state index < -0.39 is 15.8 Å². The van der Waals surface area contributed by atoms with Gasteiger partial charge in [0, 0.05) is 30.4 Å². The third-order valence-electron chi connectivity index (χ3n) is 5.17. The van der Waals surface area contributed by atoms with Crippen LogP contribution in [-0.2, 0) is 14.8 Å². The van der Waals surface area contributed by atoms with E-state index in [1.54, 1.807) is 13.0 Å². The Labute approximate surface area is 196 Å². The third kappa shape index (κ3) is 5.04. The molecule has 2 aromatic heterocycles. The van der Waals surface area contributed by atoms with Crippen molar-refractivity contribution in [2.75, 3.05) is 54.5 Å². The summed E-state index contributed by atoms with van der Waals surface area (Å²) in [5.74, 6) is -0.696. The number of ether oxygens (including phenoxy) is 2. The molecule has 1 aromatic carbocycles. The van der Waals surface area contributed by atoms with E-state index >= 15 is 0 Å². The van der Waals surface area contributed by atoms with Crippen molar-refractivity contribution >= 4 is 27.5 Å². The average Bonchev–Trinajstić information content (AvgIpc) is 3.30. The molecular formula is C21H25FN6O5S. The number of anilines is 3. The van der Waals surface area contributed by atoms with Gasteiger partial charge in [0.25, 0.3) is 0 Å². The monoisotopic (exact) mass is 492 g/mol. The van der Waals surface area contributed by atoms with Gasteiger partial charge in [-0.3, -0.25) is 4.72 Å². The van der Waals surface area contributed by atoms with Gasteiger partial charge in [-0.2, -0.15) is 4.98 Å². The Kier molecular flexibility index (Phi) is 6.84. The molecule has 1 fully saturated rings. The molecule has 1 saturated heterocycles. The fraction of sp³-hybridized carbons (Fsp3) is 0.381. The van der Waals surface area contributed by atoms with Gasteiger partial charge >= 0.3 is 6.01 Å². The van der Waals surface area contributed by atoms with Crippen LogP contribution in [0.3, 0.4) is 0 Å². The van der Waals surface area contributed by atoms with Crippen LogP contribution in [0, 0.1) is 5.82 Å². The van der Waals surface area contributed by atoms with E-state index in [9.17, 15) is 12.8 Å². The maximum absolute atomic E-state index is 14.8. The maximum Gasteiger partial charge on any atom is 0.324 e. The molecule has 0 spiro atoms. The second-order valence-corrected chi connectivity index (χ2v) is 9.46. The largest absolute Gasteiger partial charge is 0.492 e. The van der Waals surface area contributed by atoms with Crippen molar-refractivity contribution in [3.05, 3.63) is 30.2 Å². The zero-order chi connectivity index (χ0) is 24.3. The van der Waals surface area contributed by atoms with Gasteiger partial charge in [0.05, 0.1) is 31.8 Å². The van der Waals surface area contributed by atoms with Gasteiger partial charge in [-0.1, -0.05) is 12.1 Å². The number of hydrogen-bond acceptors (Lipinski definition) is 10. The second kappa shape index (κ2) is 9.81. The summed E-state index contributed by atoms with van der Waals surface area (Å²) in [7, 11) is -2.43. The van der Waals surface area contributed by atoms with E-state index in [1.807, 2.05) is 4.90 Å². The van der Waals surface area contributed by atoms with Gasteiger partial charge in [0.2, 0.25) is 15.8 Å². The number of sulfonamides is 1. The Hall–Kier alpha value is -3.45. The van der Waals surface area contributed by atoms with E-state index in [0.717, 1.165) is 0 Å². The molecule has 3 aromatic rings. The van der Waals surface area contributed by atoms with Crippen LogP contribution in [0.15, 0.2) is 28.9 Å². The molecule has 1 aliphatic heterocycles. The number of nitrogen functional groups attached to an aromatic ring is 1. The molecule has 1 aliphatic rings. The Morgan fingerprint density at radius 1 is 1.24 bits per heavy atom. The van der Waals surface area contributed by atoms with Crippen LogP contribution in [0.25, 0.3) is 22.5 Å². The fourth-order valence-corrected chi connectivity index (χ4v) is 4.69. The molecule has 3 N–H and O–H groups in total. The molecule has 13 heteroatoms. The van der Waals surface area contributed by atoms with E-state index in [4.69, 9.17) is 19.7 Å². The first-order valence-electron chi connectivity index (χ1n) is 10.6. The molecule has 0 unspecified atom stereocenters. The van der Waals surface area contributed by atoms with Crippen LogP contribution in [0.4, 0.5) is 21.9 Å². The SMILES string of the molecule is CCCS(=O)(=O)Nc1cc(-c2cc(-c3noc(N4CCOCC4)n3)cnc2N)cc(F)c1OC. The van der Waals surface area contributed by atoms with E-state index in [1.165, 1.54) is 25.4 Å². The summed E-state index contributed by atoms with van der Waals surface area (Å²) >= 11 is 0. The quantitative estimate of drug-likeness (QED) is 0.481. The molecular weight excluding hydrogens is 467 g/mol. The lowest BCUT2D eigenvalue weighted by Crippen LogP contribution is -2.36. The number of pyridine rings is 1. The predicted octanol–water partition coefficient (Wildman–Crippen LogP) is 2.52. The fourth-order valence-electron chi connectivity index (χ4n) is 3.56. The number of rotatable bonds is 8. The van der Waals surface area contributed by atoms with E-state index in [-0.39, 0.29) is 28.8 Å². The Morgan fingerprint density at radius 2 is 2.00 bits per heavy atom. The summed E-state index contributed by atoms with van der Waals surface area (Å²) in [5.41, 5.74) is 7.21. The van der Waals surface area contributed by atoms with Crippen LogP contribution in [-0.4, -0.2) is 62.7 Å². The lowest BCUT2D eigenvalue weighted by molar-refractivity contribution is 0.119. The van der Waals surface area contributed by atoms with Crippen molar-refractivity contribution in [1.82, 2.24) is 15.1 Å². The number of benzene rings is 1. The Bertz CT molecular complexity index is 1280. The standard InChI is InChI=1S/C21H25FN6O5S/c1-3-8-34(29,30)27-17-11-13(10-16(22)18(17)31-2)15-9-14(12-24-19(15)23)20-25-21(33-26-20)28-4-6-32-7-5-28/h9-12,27H,3-8H2,1-2H3,(H2,23,24). The Balaban J connectivity index is 1.71. The second-order valence-electron chi connectivity index (χ2n) is 7.62. The summed E-state index contributed by atoms with van der Waals surface area (Å²) in [6.45, 7) is 4.13. The molecule has 0 saturated carbocycles. The lowest BCUT2D eigenvalue weighted by atomic mass is 10.0. The number of halogens is 1.